The van der Waals surface area contributed by atoms with Gasteiger partial charge < -0.3 is 5.11 Å². The molecular weight excluding hydrogens is 364 g/mol. The minimum absolute atomic E-state index is 0.390. The second-order valence-electron chi connectivity index (χ2n) is 3.73. The largest absolute Gasteiger partial charge is 0.386 e. The van der Waals surface area contributed by atoms with Crippen LogP contribution in [0, 0.1) is 0 Å². The molecule has 0 saturated carbocycles. The molecule has 0 aliphatic rings. The van der Waals surface area contributed by atoms with Gasteiger partial charge in [-0.05, 0) is 44.8 Å². The molecule has 7 heteroatoms. The molecule has 2 rings (SSSR count). The first kappa shape index (κ1) is 13.6. The van der Waals surface area contributed by atoms with Crippen molar-refractivity contribution >= 4 is 31.9 Å². The average molecular weight is 376 g/mol. The van der Waals surface area contributed by atoms with E-state index in [2.05, 4.69) is 46.9 Å². The minimum atomic E-state index is -0.707. The molecule has 2 aromatic heterocycles. The Hall–Kier alpha value is -0.790. The fourth-order valence-corrected chi connectivity index (χ4v) is 2.90. The maximum absolute atomic E-state index is 10.2. The monoisotopic (exact) mass is 374 g/mol. The van der Waals surface area contributed by atoms with Crippen LogP contribution in [0.25, 0.3) is 0 Å². The maximum Gasteiger partial charge on any atom is 0.138 e. The number of nitrogens with zero attached hydrogens (tertiary/aromatic N) is 4. The molecule has 2 heterocycles. The zero-order chi connectivity index (χ0) is 13.1. The highest BCUT2D eigenvalue weighted by molar-refractivity contribution is 9.11. The van der Waals surface area contributed by atoms with Crippen LogP contribution < -0.4 is 0 Å². The molecule has 1 N–H and O–H groups in total. The van der Waals surface area contributed by atoms with Gasteiger partial charge in [-0.15, -0.1) is 0 Å². The van der Waals surface area contributed by atoms with E-state index >= 15 is 0 Å². The highest BCUT2D eigenvalue weighted by Crippen LogP contribution is 2.26. The van der Waals surface area contributed by atoms with Crippen LogP contribution in [0.4, 0.5) is 0 Å². The molecule has 0 radical (unpaired) electrons. The van der Waals surface area contributed by atoms with Gasteiger partial charge in [0.05, 0.1) is 5.69 Å². The topological polar surface area (TPSA) is 63.8 Å². The number of aromatic nitrogens is 4. The molecule has 1 unspecified atom stereocenters. The van der Waals surface area contributed by atoms with Crippen LogP contribution in [-0.2, 0) is 13.0 Å². The van der Waals surface area contributed by atoms with E-state index in [1.807, 2.05) is 13.0 Å². The number of aliphatic hydroxyl groups excluding tert-OH is 1. The summed E-state index contributed by atoms with van der Waals surface area (Å²) < 4.78 is 3.39. The van der Waals surface area contributed by atoms with Crippen molar-refractivity contribution in [3.8, 4) is 0 Å². The van der Waals surface area contributed by atoms with Gasteiger partial charge in [0, 0.05) is 28.1 Å². The fraction of sp³-hybridized carbons (Fsp3) is 0.364. The van der Waals surface area contributed by atoms with Crippen LogP contribution in [0.5, 0.6) is 0 Å². The van der Waals surface area contributed by atoms with Crippen molar-refractivity contribution in [2.24, 2.45) is 0 Å². The SMILES string of the molecule is CCn1ncnc1CC(O)c1ncc(Br)cc1Br. The number of hydrogen-bond donors (Lipinski definition) is 1. The van der Waals surface area contributed by atoms with Crippen molar-refractivity contribution in [1.29, 1.82) is 0 Å². The van der Waals surface area contributed by atoms with Crippen LogP contribution >= 0.6 is 31.9 Å². The highest BCUT2D eigenvalue weighted by Gasteiger charge is 2.16. The van der Waals surface area contributed by atoms with E-state index in [9.17, 15) is 5.11 Å². The molecule has 0 aliphatic heterocycles. The number of halogens is 2. The summed E-state index contributed by atoms with van der Waals surface area (Å²) in [5.41, 5.74) is 0.601. The lowest BCUT2D eigenvalue weighted by Gasteiger charge is -2.12. The number of pyridine rings is 1. The van der Waals surface area contributed by atoms with Crippen LogP contribution in [0.3, 0.4) is 0 Å². The van der Waals surface area contributed by atoms with E-state index in [0.717, 1.165) is 21.3 Å². The summed E-state index contributed by atoms with van der Waals surface area (Å²) in [6.07, 6.45) is 2.84. The number of aryl methyl sites for hydroxylation is 1. The number of aliphatic hydroxyl groups is 1. The Labute approximate surface area is 122 Å². The fourth-order valence-electron chi connectivity index (χ4n) is 1.65. The lowest BCUT2D eigenvalue weighted by molar-refractivity contribution is 0.168. The smallest absolute Gasteiger partial charge is 0.138 e. The number of rotatable bonds is 4. The van der Waals surface area contributed by atoms with Crippen LogP contribution in [0.1, 0.15) is 24.5 Å². The van der Waals surface area contributed by atoms with Gasteiger partial charge in [-0.3, -0.25) is 9.67 Å². The highest BCUT2D eigenvalue weighted by atomic mass is 79.9. The molecule has 96 valence electrons. The van der Waals surface area contributed by atoms with Crippen LogP contribution in [0.15, 0.2) is 27.5 Å². The molecule has 0 saturated heterocycles. The first-order valence-corrected chi connectivity index (χ1v) is 7.06. The third-order valence-corrected chi connectivity index (χ3v) is 3.59. The van der Waals surface area contributed by atoms with Gasteiger partial charge in [-0.1, -0.05) is 0 Å². The molecule has 0 fully saturated rings. The summed E-state index contributed by atoms with van der Waals surface area (Å²) in [6, 6.07) is 1.86. The van der Waals surface area contributed by atoms with Crippen molar-refractivity contribution in [1.82, 2.24) is 19.7 Å². The lowest BCUT2D eigenvalue weighted by atomic mass is 10.1. The molecule has 18 heavy (non-hydrogen) atoms. The average Bonchev–Trinajstić information content (AvgIpc) is 2.76. The Balaban J connectivity index is 2.19. The Morgan fingerprint density at radius 3 is 2.83 bits per heavy atom. The maximum atomic E-state index is 10.2. The minimum Gasteiger partial charge on any atom is -0.386 e. The van der Waals surface area contributed by atoms with Gasteiger partial charge in [0.1, 0.15) is 18.3 Å². The molecular formula is C11H12Br2N4O. The van der Waals surface area contributed by atoms with Crippen molar-refractivity contribution in [2.45, 2.75) is 26.0 Å². The molecule has 0 spiro atoms. The Bertz CT molecular complexity index is 544. The quantitative estimate of drug-likeness (QED) is 0.891. The first-order chi connectivity index (χ1) is 8.61. The third kappa shape index (κ3) is 2.96. The molecule has 5 nitrogen and oxygen atoms in total. The van der Waals surface area contributed by atoms with Gasteiger partial charge in [-0.2, -0.15) is 5.10 Å². The molecule has 0 amide bonds. The normalized spacial score (nSPS) is 12.7. The molecule has 1 atom stereocenters. The van der Waals surface area contributed by atoms with E-state index < -0.39 is 6.10 Å². The van der Waals surface area contributed by atoms with Crippen LogP contribution in [0.2, 0.25) is 0 Å². The van der Waals surface area contributed by atoms with Gasteiger partial charge in [0.25, 0.3) is 0 Å². The Morgan fingerprint density at radius 2 is 2.17 bits per heavy atom. The summed E-state index contributed by atoms with van der Waals surface area (Å²) in [4.78, 5) is 8.35. The molecule has 0 bridgehead atoms. The van der Waals surface area contributed by atoms with E-state index in [-0.39, 0.29) is 0 Å². The lowest BCUT2D eigenvalue weighted by Crippen LogP contribution is -2.11. The van der Waals surface area contributed by atoms with E-state index in [1.165, 1.54) is 6.33 Å². The Kier molecular flexibility index (Phi) is 4.47. The summed E-state index contributed by atoms with van der Waals surface area (Å²) in [6.45, 7) is 2.72. The Morgan fingerprint density at radius 1 is 1.39 bits per heavy atom. The number of hydrogen-bond acceptors (Lipinski definition) is 4. The van der Waals surface area contributed by atoms with E-state index in [0.29, 0.717) is 12.1 Å². The summed E-state index contributed by atoms with van der Waals surface area (Å²) in [7, 11) is 0. The van der Waals surface area contributed by atoms with E-state index in [1.54, 1.807) is 10.9 Å². The molecule has 2 aromatic rings. The van der Waals surface area contributed by atoms with E-state index in [4.69, 9.17) is 0 Å². The zero-order valence-electron chi connectivity index (χ0n) is 9.72. The first-order valence-electron chi connectivity index (χ1n) is 5.47. The summed E-state index contributed by atoms with van der Waals surface area (Å²) in [5.74, 6) is 0.751. The van der Waals surface area contributed by atoms with Gasteiger partial charge >= 0.3 is 0 Å². The second kappa shape index (κ2) is 5.90. The van der Waals surface area contributed by atoms with Crippen molar-refractivity contribution in [3.63, 3.8) is 0 Å². The standard InChI is InChI=1S/C11H12Br2N4O/c1-2-17-10(15-6-16-17)4-9(18)11-8(13)3-7(12)5-14-11/h3,5-6,9,18H,2,4H2,1H3. The summed E-state index contributed by atoms with van der Waals surface area (Å²) >= 11 is 6.72. The predicted molar refractivity (Wildman–Crippen MR) is 74.0 cm³/mol. The summed E-state index contributed by atoms with van der Waals surface area (Å²) in [5, 5.41) is 14.3. The second-order valence-corrected chi connectivity index (χ2v) is 5.50. The van der Waals surface area contributed by atoms with Crippen molar-refractivity contribution < 1.29 is 5.11 Å². The van der Waals surface area contributed by atoms with Crippen molar-refractivity contribution in [3.05, 3.63) is 39.1 Å². The van der Waals surface area contributed by atoms with Crippen LogP contribution in [-0.4, -0.2) is 24.9 Å². The predicted octanol–water partition coefficient (Wildman–Crippen LogP) is 2.49. The zero-order valence-corrected chi connectivity index (χ0v) is 12.9. The molecule has 0 aromatic carbocycles. The third-order valence-electron chi connectivity index (χ3n) is 2.52. The van der Waals surface area contributed by atoms with Gasteiger partial charge in [0.15, 0.2) is 0 Å². The van der Waals surface area contributed by atoms with Gasteiger partial charge in [0.2, 0.25) is 0 Å². The van der Waals surface area contributed by atoms with Crippen molar-refractivity contribution in [2.75, 3.05) is 0 Å². The molecule has 0 aliphatic carbocycles. The van der Waals surface area contributed by atoms with Gasteiger partial charge in [-0.25, -0.2) is 4.98 Å².